The maximum atomic E-state index is 12.2. The Labute approximate surface area is 126 Å². The van der Waals surface area contributed by atoms with E-state index in [4.69, 9.17) is 5.73 Å². The third-order valence-electron chi connectivity index (χ3n) is 4.75. The molecular weight excluding hydrogens is 262 g/mol. The van der Waals surface area contributed by atoms with Gasteiger partial charge in [-0.2, -0.15) is 0 Å². The van der Waals surface area contributed by atoms with E-state index >= 15 is 0 Å². The molecule has 0 atom stereocenters. The Kier molecular flexibility index (Phi) is 4.27. The van der Waals surface area contributed by atoms with E-state index in [1.54, 1.807) is 0 Å². The summed E-state index contributed by atoms with van der Waals surface area (Å²) < 4.78 is 0. The molecule has 1 saturated carbocycles. The van der Waals surface area contributed by atoms with Gasteiger partial charge in [0, 0.05) is 24.2 Å². The van der Waals surface area contributed by atoms with Crippen LogP contribution in [-0.4, -0.2) is 29.4 Å². The molecule has 1 aliphatic carbocycles. The van der Waals surface area contributed by atoms with Crippen molar-refractivity contribution in [1.82, 2.24) is 4.90 Å². The molecule has 0 spiro atoms. The molecule has 21 heavy (non-hydrogen) atoms. The third kappa shape index (κ3) is 3.63. The highest BCUT2D eigenvalue weighted by Gasteiger charge is 2.34. The monoisotopic (exact) mass is 287 g/mol. The zero-order valence-corrected chi connectivity index (χ0v) is 12.6. The van der Waals surface area contributed by atoms with Crippen molar-refractivity contribution in [3.8, 4) is 0 Å². The molecule has 4 nitrogen and oxygen atoms in total. The molecule has 1 aromatic carbocycles. The highest BCUT2D eigenvalue weighted by atomic mass is 16.1. The lowest BCUT2D eigenvalue weighted by Gasteiger charge is -2.37. The molecule has 1 heterocycles. The smallest absolute Gasteiger partial charge is 0.226 e. The standard InChI is InChI=1S/C17H25N3O/c18-17(8-5-9-17)12-16(21)19-15-7-2-1-6-14(15)13-20-10-3-4-11-20/h1-2,6-7H,3-5,8-13,18H2,(H,19,21). The second-order valence-corrected chi connectivity index (χ2v) is 6.58. The van der Waals surface area contributed by atoms with Crippen LogP contribution in [0.5, 0.6) is 0 Å². The topological polar surface area (TPSA) is 58.4 Å². The molecule has 0 aromatic heterocycles. The van der Waals surface area contributed by atoms with Crippen molar-refractivity contribution in [2.75, 3.05) is 18.4 Å². The Morgan fingerprint density at radius 2 is 1.90 bits per heavy atom. The molecule has 1 saturated heterocycles. The van der Waals surface area contributed by atoms with Crippen LogP contribution in [0.15, 0.2) is 24.3 Å². The number of carbonyl (C=O) groups excluding carboxylic acids is 1. The number of nitrogens with zero attached hydrogens (tertiary/aromatic N) is 1. The van der Waals surface area contributed by atoms with Crippen LogP contribution in [0.25, 0.3) is 0 Å². The van der Waals surface area contributed by atoms with Crippen molar-refractivity contribution in [3.05, 3.63) is 29.8 Å². The molecule has 0 unspecified atom stereocenters. The number of benzene rings is 1. The average molecular weight is 287 g/mol. The maximum absolute atomic E-state index is 12.2. The molecule has 1 amide bonds. The molecule has 114 valence electrons. The third-order valence-corrected chi connectivity index (χ3v) is 4.75. The van der Waals surface area contributed by atoms with Crippen molar-refractivity contribution in [3.63, 3.8) is 0 Å². The van der Waals surface area contributed by atoms with E-state index in [0.717, 1.165) is 44.6 Å². The van der Waals surface area contributed by atoms with Crippen LogP contribution in [0.3, 0.4) is 0 Å². The van der Waals surface area contributed by atoms with Crippen LogP contribution in [0, 0.1) is 0 Å². The lowest BCUT2D eigenvalue weighted by molar-refractivity contribution is -0.118. The minimum Gasteiger partial charge on any atom is -0.326 e. The fourth-order valence-corrected chi connectivity index (χ4v) is 3.28. The molecule has 2 fully saturated rings. The highest BCUT2D eigenvalue weighted by molar-refractivity contribution is 5.92. The van der Waals surface area contributed by atoms with Crippen molar-refractivity contribution < 1.29 is 4.79 Å². The summed E-state index contributed by atoms with van der Waals surface area (Å²) in [6, 6.07) is 8.12. The van der Waals surface area contributed by atoms with Gasteiger partial charge < -0.3 is 11.1 Å². The predicted molar refractivity (Wildman–Crippen MR) is 85.0 cm³/mol. The summed E-state index contributed by atoms with van der Waals surface area (Å²) in [6.07, 6.45) is 6.08. The summed E-state index contributed by atoms with van der Waals surface area (Å²) in [6.45, 7) is 3.24. The number of hydrogen-bond acceptors (Lipinski definition) is 3. The van der Waals surface area contributed by atoms with E-state index < -0.39 is 0 Å². The number of nitrogens with one attached hydrogen (secondary N) is 1. The van der Waals surface area contributed by atoms with Gasteiger partial charge in [0.05, 0.1) is 0 Å². The summed E-state index contributed by atoms with van der Waals surface area (Å²) >= 11 is 0. The van der Waals surface area contributed by atoms with Gasteiger partial charge in [-0.05, 0) is 56.8 Å². The number of amides is 1. The second kappa shape index (κ2) is 6.16. The molecule has 1 aliphatic heterocycles. The first-order valence-electron chi connectivity index (χ1n) is 8.04. The van der Waals surface area contributed by atoms with Crippen LogP contribution in [0.4, 0.5) is 5.69 Å². The summed E-state index contributed by atoms with van der Waals surface area (Å²) in [5.74, 6) is 0.0473. The SMILES string of the molecule is NC1(CC(=O)Nc2ccccc2CN2CCCC2)CCC1. The maximum Gasteiger partial charge on any atom is 0.226 e. The summed E-state index contributed by atoms with van der Waals surface area (Å²) in [5, 5.41) is 3.06. The lowest BCUT2D eigenvalue weighted by atomic mass is 9.75. The Balaban J connectivity index is 1.62. The molecule has 3 N–H and O–H groups in total. The molecule has 3 rings (SSSR count). The highest BCUT2D eigenvalue weighted by Crippen LogP contribution is 2.32. The van der Waals surface area contributed by atoms with Crippen molar-refractivity contribution in [1.29, 1.82) is 0 Å². The van der Waals surface area contributed by atoms with E-state index in [2.05, 4.69) is 16.3 Å². The first kappa shape index (κ1) is 14.5. The molecule has 0 radical (unpaired) electrons. The van der Waals surface area contributed by atoms with E-state index in [0.29, 0.717) is 6.42 Å². The Morgan fingerprint density at radius 1 is 1.19 bits per heavy atom. The summed E-state index contributed by atoms with van der Waals surface area (Å²) in [5.41, 5.74) is 8.05. The molecular formula is C17H25N3O. The average Bonchev–Trinajstić information content (AvgIpc) is 2.92. The van der Waals surface area contributed by atoms with Gasteiger partial charge in [0.25, 0.3) is 0 Å². The van der Waals surface area contributed by atoms with Gasteiger partial charge in [-0.1, -0.05) is 18.2 Å². The minimum absolute atomic E-state index is 0.0473. The van der Waals surface area contributed by atoms with E-state index in [9.17, 15) is 4.79 Å². The summed E-state index contributed by atoms with van der Waals surface area (Å²) in [4.78, 5) is 14.7. The fourth-order valence-electron chi connectivity index (χ4n) is 3.28. The van der Waals surface area contributed by atoms with Gasteiger partial charge in [-0.25, -0.2) is 0 Å². The normalized spacial score (nSPS) is 21.0. The Bertz CT molecular complexity index is 505. The zero-order valence-electron chi connectivity index (χ0n) is 12.6. The van der Waals surface area contributed by atoms with Crippen LogP contribution >= 0.6 is 0 Å². The number of hydrogen-bond donors (Lipinski definition) is 2. The fraction of sp³-hybridized carbons (Fsp3) is 0.588. The molecule has 4 heteroatoms. The number of para-hydroxylation sites is 1. The van der Waals surface area contributed by atoms with E-state index in [1.165, 1.54) is 18.4 Å². The van der Waals surface area contributed by atoms with Gasteiger partial charge in [0.15, 0.2) is 0 Å². The second-order valence-electron chi connectivity index (χ2n) is 6.58. The van der Waals surface area contributed by atoms with Crippen LogP contribution in [-0.2, 0) is 11.3 Å². The minimum atomic E-state index is -0.256. The molecule has 1 aromatic rings. The van der Waals surface area contributed by atoms with Gasteiger partial charge in [-0.15, -0.1) is 0 Å². The van der Waals surface area contributed by atoms with Crippen molar-refractivity contribution >= 4 is 11.6 Å². The van der Waals surface area contributed by atoms with Crippen LogP contribution in [0.1, 0.15) is 44.1 Å². The van der Waals surface area contributed by atoms with Gasteiger partial charge in [0.2, 0.25) is 5.91 Å². The number of anilines is 1. The van der Waals surface area contributed by atoms with Gasteiger partial charge in [0.1, 0.15) is 0 Å². The number of rotatable bonds is 5. The van der Waals surface area contributed by atoms with Gasteiger partial charge >= 0.3 is 0 Å². The van der Waals surface area contributed by atoms with Crippen LogP contribution in [0.2, 0.25) is 0 Å². The van der Waals surface area contributed by atoms with Crippen molar-refractivity contribution in [2.24, 2.45) is 5.73 Å². The van der Waals surface area contributed by atoms with Crippen molar-refractivity contribution in [2.45, 2.75) is 50.6 Å². The zero-order chi connectivity index (χ0) is 14.7. The number of nitrogens with two attached hydrogens (primary N) is 1. The Morgan fingerprint density at radius 3 is 2.57 bits per heavy atom. The molecule has 2 aliphatic rings. The molecule has 0 bridgehead atoms. The first-order valence-corrected chi connectivity index (χ1v) is 8.04. The largest absolute Gasteiger partial charge is 0.326 e. The predicted octanol–water partition coefficient (Wildman–Crippen LogP) is 2.49. The first-order chi connectivity index (χ1) is 10.1. The number of likely N-dealkylation sites (tertiary alicyclic amines) is 1. The lowest BCUT2D eigenvalue weighted by Crippen LogP contribution is -2.49. The van der Waals surface area contributed by atoms with E-state index in [-0.39, 0.29) is 11.4 Å². The van der Waals surface area contributed by atoms with E-state index in [1.807, 2.05) is 18.2 Å². The van der Waals surface area contributed by atoms with Gasteiger partial charge in [-0.3, -0.25) is 9.69 Å². The summed E-state index contributed by atoms with van der Waals surface area (Å²) in [7, 11) is 0. The van der Waals surface area contributed by atoms with Crippen LogP contribution < -0.4 is 11.1 Å². The Hall–Kier alpha value is -1.39. The number of carbonyl (C=O) groups is 1. The quantitative estimate of drug-likeness (QED) is 0.875.